The molecule has 1 aliphatic rings. The molecule has 98 valence electrons. The molecule has 0 bridgehead atoms. The molecule has 1 atom stereocenters. The first-order valence-corrected chi connectivity index (χ1v) is 6.28. The van der Waals surface area contributed by atoms with Gasteiger partial charge in [-0.15, -0.1) is 0 Å². The predicted octanol–water partition coefficient (Wildman–Crippen LogP) is 0.0730. The minimum Gasteiger partial charge on any atom is -0.340 e. The minimum absolute atomic E-state index is 0.163. The van der Waals surface area contributed by atoms with E-state index in [4.69, 9.17) is 5.73 Å². The lowest BCUT2D eigenvalue weighted by Gasteiger charge is -2.38. The summed E-state index contributed by atoms with van der Waals surface area (Å²) in [5, 5.41) is 0. The Balaban J connectivity index is 1.99. The van der Waals surface area contributed by atoms with Gasteiger partial charge in [0.25, 0.3) is 0 Å². The molecule has 2 N–H and O–H groups in total. The fourth-order valence-electron chi connectivity index (χ4n) is 2.31. The number of carbonyl (C=O) groups excluding carboxylic acids is 1. The molecule has 0 saturated carbocycles. The summed E-state index contributed by atoms with van der Waals surface area (Å²) in [6, 6.07) is 6.08. The molecule has 0 aliphatic carbocycles. The molecule has 2 heterocycles. The Bertz CT molecular complexity index is 395. The number of likely N-dealkylation sites (N-methyl/N-ethyl adjacent to an activating group) is 1. The Morgan fingerprint density at radius 2 is 2.33 bits per heavy atom. The number of nitrogens with two attached hydrogens (primary N) is 1. The molecule has 5 heteroatoms. The monoisotopic (exact) mass is 248 g/mol. The lowest BCUT2D eigenvalue weighted by atomic mass is 10.1. The molecule has 18 heavy (non-hydrogen) atoms. The first-order valence-electron chi connectivity index (χ1n) is 6.28. The second kappa shape index (κ2) is 5.93. The highest BCUT2D eigenvalue weighted by atomic mass is 16.2. The summed E-state index contributed by atoms with van der Waals surface area (Å²) in [7, 11) is 1.86. The van der Waals surface area contributed by atoms with Crippen LogP contribution in [0.25, 0.3) is 0 Å². The van der Waals surface area contributed by atoms with Crippen LogP contribution >= 0.6 is 0 Å². The van der Waals surface area contributed by atoms with E-state index in [-0.39, 0.29) is 11.9 Å². The smallest absolute Gasteiger partial charge is 0.236 e. The molecule has 0 aromatic carbocycles. The first-order chi connectivity index (χ1) is 8.70. The van der Waals surface area contributed by atoms with Crippen LogP contribution < -0.4 is 5.73 Å². The standard InChI is InChI=1S/C13H20N4O/c1-16-12(5-6-14)9-17(10-13(16)18)8-11-4-2-3-7-15-11/h2-4,7,12H,5-6,8-10,14H2,1H3. The van der Waals surface area contributed by atoms with Crippen molar-refractivity contribution in [1.82, 2.24) is 14.8 Å². The molecule has 1 unspecified atom stereocenters. The van der Waals surface area contributed by atoms with Gasteiger partial charge in [-0.25, -0.2) is 0 Å². The van der Waals surface area contributed by atoms with Crippen molar-refractivity contribution in [2.45, 2.75) is 19.0 Å². The molecule has 1 aromatic heterocycles. The van der Waals surface area contributed by atoms with Gasteiger partial charge >= 0.3 is 0 Å². The average molecular weight is 248 g/mol. The zero-order chi connectivity index (χ0) is 13.0. The fourth-order valence-corrected chi connectivity index (χ4v) is 2.31. The Kier molecular flexibility index (Phi) is 4.28. The summed E-state index contributed by atoms with van der Waals surface area (Å²) in [6.45, 7) is 2.67. The summed E-state index contributed by atoms with van der Waals surface area (Å²) in [5.41, 5.74) is 6.60. The van der Waals surface area contributed by atoms with E-state index in [1.165, 1.54) is 0 Å². The molecule has 1 aromatic rings. The largest absolute Gasteiger partial charge is 0.340 e. The number of nitrogens with zero attached hydrogens (tertiary/aromatic N) is 3. The van der Waals surface area contributed by atoms with Crippen molar-refractivity contribution in [1.29, 1.82) is 0 Å². The van der Waals surface area contributed by atoms with Gasteiger partial charge in [0, 0.05) is 32.4 Å². The van der Waals surface area contributed by atoms with Crippen molar-refractivity contribution in [2.75, 3.05) is 26.7 Å². The molecule has 0 spiro atoms. The van der Waals surface area contributed by atoms with E-state index in [1.807, 2.05) is 30.1 Å². The number of pyridine rings is 1. The average Bonchev–Trinajstić information content (AvgIpc) is 2.37. The van der Waals surface area contributed by atoms with E-state index in [9.17, 15) is 4.79 Å². The van der Waals surface area contributed by atoms with Crippen molar-refractivity contribution < 1.29 is 4.79 Å². The second-order valence-electron chi connectivity index (χ2n) is 4.73. The lowest BCUT2D eigenvalue weighted by Crippen LogP contribution is -2.54. The molecule has 1 fully saturated rings. The summed E-state index contributed by atoms with van der Waals surface area (Å²) >= 11 is 0. The third-order valence-electron chi connectivity index (χ3n) is 3.38. The van der Waals surface area contributed by atoms with Crippen molar-refractivity contribution in [3.8, 4) is 0 Å². The van der Waals surface area contributed by atoms with Crippen LogP contribution in [-0.4, -0.2) is 53.4 Å². The zero-order valence-corrected chi connectivity index (χ0v) is 10.7. The maximum atomic E-state index is 11.9. The van der Waals surface area contributed by atoms with Gasteiger partial charge in [0.2, 0.25) is 5.91 Å². The van der Waals surface area contributed by atoms with E-state index in [1.54, 1.807) is 6.20 Å². The minimum atomic E-state index is 0.163. The molecule has 1 saturated heterocycles. The van der Waals surface area contributed by atoms with E-state index < -0.39 is 0 Å². The van der Waals surface area contributed by atoms with Crippen LogP contribution in [0.5, 0.6) is 0 Å². The Hall–Kier alpha value is -1.46. The summed E-state index contributed by atoms with van der Waals surface area (Å²) in [4.78, 5) is 20.2. The molecule has 1 amide bonds. The number of rotatable bonds is 4. The SMILES string of the molecule is CN1C(=O)CN(Cc2ccccn2)CC1CCN. The molecular weight excluding hydrogens is 228 g/mol. The normalized spacial score (nSPS) is 21.3. The Morgan fingerprint density at radius 1 is 1.50 bits per heavy atom. The summed E-state index contributed by atoms with van der Waals surface area (Å²) in [5.74, 6) is 0.163. The van der Waals surface area contributed by atoms with Gasteiger partial charge in [0.1, 0.15) is 0 Å². The van der Waals surface area contributed by atoms with Gasteiger partial charge < -0.3 is 10.6 Å². The Labute approximate surface area is 108 Å². The summed E-state index contributed by atoms with van der Waals surface area (Å²) in [6.07, 6.45) is 2.63. The Morgan fingerprint density at radius 3 is 3.00 bits per heavy atom. The first kappa shape index (κ1) is 13.0. The fraction of sp³-hybridized carbons (Fsp3) is 0.538. The van der Waals surface area contributed by atoms with Crippen molar-refractivity contribution in [3.05, 3.63) is 30.1 Å². The number of piperazine rings is 1. The lowest BCUT2D eigenvalue weighted by molar-refractivity contribution is -0.138. The van der Waals surface area contributed by atoms with Crippen LogP contribution in [0.2, 0.25) is 0 Å². The number of carbonyl (C=O) groups is 1. The van der Waals surface area contributed by atoms with Gasteiger partial charge in [-0.2, -0.15) is 0 Å². The quantitative estimate of drug-likeness (QED) is 0.819. The van der Waals surface area contributed by atoms with Crippen molar-refractivity contribution >= 4 is 5.91 Å². The predicted molar refractivity (Wildman–Crippen MR) is 69.7 cm³/mol. The molecule has 0 radical (unpaired) electrons. The highest BCUT2D eigenvalue weighted by molar-refractivity contribution is 5.79. The highest BCUT2D eigenvalue weighted by Crippen LogP contribution is 2.13. The van der Waals surface area contributed by atoms with Crippen LogP contribution in [0, 0.1) is 0 Å². The van der Waals surface area contributed by atoms with E-state index in [2.05, 4.69) is 9.88 Å². The van der Waals surface area contributed by atoms with Gasteiger partial charge in [-0.05, 0) is 25.1 Å². The number of aromatic nitrogens is 1. The second-order valence-corrected chi connectivity index (χ2v) is 4.73. The van der Waals surface area contributed by atoms with Crippen molar-refractivity contribution in [3.63, 3.8) is 0 Å². The third kappa shape index (κ3) is 3.05. The molecule has 1 aliphatic heterocycles. The van der Waals surface area contributed by atoms with Gasteiger partial charge in [0.15, 0.2) is 0 Å². The maximum Gasteiger partial charge on any atom is 0.236 e. The van der Waals surface area contributed by atoms with Gasteiger partial charge in [0.05, 0.1) is 12.2 Å². The molecule has 5 nitrogen and oxygen atoms in total. The van der Waals surface area contributed by atoms with Crippen LogP contribution in [-0.2, 0) is 11.3 Å². The summed E-state index contributed by atoms with van der Waals surface area (Å²) < 4.78 is 0. The molecular formula is C13H20N4O. The van der Waals surface area contributed by atoms with Gasteiger partial charge in [-0.3, -0.25) is 14.7 Å². The van der Waals surface area contributed by atoms with Crippen LogP contribution in [0.15, 0.2) is 24.4 Å². The van der Waals surface area contributed by atoms with Crippen LogP contribution in [0.4, 0.5) is 0 Å². The maximum absolute atomic E-state index is 11.9. The highest BCUT2D eigenvalue weighted by Gasteiger charge is 2.29. The third-order valence-corrected chi connectivity index (χ3v) is 3.38. The van der Waals surface area contributed by atoms with Crippen molar-refractivity contribution in [2.24, 2.45) is 5.73 Å². The zero-order valence-electron chi connectivity index (χ0n) is 10.7. The van der Waals surface area contributed by atoms with E-state index in [0.717, 1.165) is 25.2 Å². The van der Waals surface area contributed by atoms with Crippen LogP contribution in [0.1, 0.15) is 12.1 Å². The number of hydrogen-bond acceptors (Lipinski definition) is 4. The number of amides is 1. The molecule has 2 rings (SSSR count). The van der Waals surface area contributed by atoms with E-state index >= 15 is 0 Å². The number of hydrogen-bond donors (Lipinski definition) is 1. The van der Waals surface area contributed by atoms with Gasteiger partial charge in [-0.1, -0.05) is 6.07 Å². The van der Waals surface area contributed by atoms with E-state index in [0.29, 0.717) is 13.1 Å². The topological polar surface area (TPSA) is 62.5 Å². The van der Waals surface area contributed by atoms with Crippen LogP contribution in [0.3, 0.4) is 0 Å².